The van der Waals surface area contributed by atoms with E-state index < -0.39 is 5.92 Å². The second-order valence-electron chi connectivity index (χ2n) is 14.4. The van der Waals surface area contributed by atoms with Crippen molar-refractivity contribution in [2.45, 2.75) is 77.0 Å². The molecule has 0 radical (unpaired) electrons. The number of benzene rings is 2. The lowest BCUT2D eigenvalue weighted by Gasteiger charge is -2.46. The van der Waals surface area contributed by atoms with Gasteiger partial charge in [-0.05, 0) is 87.9 Å². The van der Waals surface area contributed by atoms with Crippen molar-refractivity contribution in [1.82, 2.24) is 24.5 Å². The zero-order valence-corrected chi connectivity index (χ0v) is 33.1. The quantitative estimate of drug-likeness (QED) is 0.344. The molecular weight excluding hydrogens is 780 g/mol. The number of fused-ring (bicyclic) bond motifs is 1. The molecule has 13 heteroatoms. The summed E-state index contributed by atoms with van der Waals surface area (Å²) in [5.74, 6) is -0.692. The van der Waals surface area contributed by atoms with Gasteiger partial charge in [0.15, 0.2) is 0 Å². The van der Waals surface area contributed by atoms with Crippen molar-refractivity contribution in [2.24, 2.45) is 5.92 Å². The summed E-state index contributed by atoms with van der Waals surface area (Å²) in [5.41, 5.74) is 4.03. The molecule has 4 heterocycles. The predicted molar refractivity (Wildman–Crippen MR) is 203 cm³/mol. The minimum absolute atomic E-state index is 0.00785. The van der Waals surface area contributed by atoms with Crippen LogP contribution in [0.25, 0.3) is 0 Å². The number of piperazine rings is 1. The third kappa shape index (κ3) is 8.80. The molecule has 0 saturated carbocycles. The first-order chi connectivity index (χ1) is 24.5. The molecule has 4 aliphatic heterocycles. The first-order valence-corrected chi connectivity index (χ1v) is 19.9. The number of anilines is 1. The lowest BCUT2D eigenvalue weighted by atomic mass is 9.91. The molecule has 2 unspecified atom stereocenters. The van der Waals surface area contributed by atoms with Crippen LogP contribution in [0.1, 0.15) is 55.7 Å². The van der Waals surface area contributed by atoms with E-state index in [2.05, 4.69) is 47.0 Å². The van der Waals surface area contributed by atoms with E-state index in [-0.39, 0.29) is 48.4 Å². The zero-order valence-electron chi connectivity index (χ0n) is 29.9. The van der Waals surface area contributed by atoms with Gasteiger partial charge in [-0.15, -0.1) is 0 Å². The van der Waals surface area contributed by atoms with Gasteiger partial charge in [0.2, 0.25) is 11.8 Å². The highest BCUT2D eigenvalue weighted by molar-refractivity contribution is 9.11. The molecule has 2 aromatic rings. The fraction of sp³-hybridized carbons (Fsp3) is 0.579. The van der Waals surface area contributed by atoms with Crippen LogP contribution in [0.3, 0.4) is 0 Å². The van der Waals surface area contributed by atoms with E-state index in [0.29, 0.717) is 65.1 Å². The Morgan fingerprint density at radius 2 is 1.57 bits per heavy atom. The molecule has 276 valence electrons. The molecule has 51 heavy (non-hydrogen) atoms. The number of hydrogen-bond donors (Lipinski definition) is 1. The molecule has 2 atom stereocenters. The fourth-order valence-corrected chi connectivity index (χ4v) is 9.41. The number of nitrogens with one attached hydrogen (secondary N) is 1. The van der Waals surface area contributed by atoms with Gasteiger partial charge in [-0.2, -0.15) is 0 Å². The lowest BCUT2D eigenvalue weighted by molar-refractivity contribution is -0.154. The Kier molecular flexibility index (Phi) is 12.4. The van der Waals surface area contributed by atoms with Gasteiger partial charge in [0.1, 0.15) is 6.04 Å². The Morgan fingerprint density at radius 1 is 0.922 bits per heavy atom. The van der Waals surface area contributed by atoms with Crippen molar-refractivity contribution in [1.29, 1.82) is 0 Å². The normalized spacial score (nSPS) is 21.6. The topological polar surface area (TPSA) is 106 Å². The third-order valence-corrected chi connectivity index (χ3v) is 12.8. The summed E-state index contributed by atoms with van der Waals surface area (Å²) < 4.78 is 7.35. The molecule has 0 bridgehead atoms. The number of carbonyl (C=O) groups excluding carboxylic acids is 4. The molecule has 3 fully saturated rings. The Morgan fingerprint density at radius 3 is 2.25 bits per heavy atom. The Bertz CT molecular complexity index is 1590. The molecule has 2 aromatic carbocycles. The van der Waals surface area contributed by atoms with Crippen molar-refractivity contribution >= 4 is 61.4 Å². The maximum absolute atomic E-state index is 14.3. The van der Waals surface area contributed by atoms with E-state index in [4.69, 9.17) is 4.74 Å². The van der Waals surface area contributed by atoms with Crippen LogP contribution in [0, 0.1) is 12.8 Å². The van der Waals surface area contributed by atoms with Crippen molar-refractivity contribution in [3.05, 3.63) is 62.0 Å². The largest absolute Gasteiger partial charge is 0.465 e. The van der Waals surface area contributed by atoms with E-state index in [9.17, 15) is 19.2 Å². The highest BCUT2D eigenvalue weighted by Crippen LogP contribution is 2.31. The second-order valence-corrected chi connectivity index (χ2v) is 16.1. The Hall–Kier alpha value is -3.00. The number of amides is 4. The average molecular weight is 831 g/mol. The third-order valence-electron chi connectivity index (χ3n) is 11.1. The van der Waals surface area contributed by atoms with Crippen LogP contribution < -0.4 is 5.32 Å². The number of halogens is 2. The molecule has 4 amide bonds. The van der Waals surface area contributed by atoms with Gasteiger partial charge in [0, 0.05) is 85.5 Å². The lowest BCUT2D eigenvalue weighted by Crippen LogP contribution is -2.61. The summed E-state index contributed by atoms with van der Waals surface area (Å²) in [6, 6.07) is 11.8. The zero-order chi connectivity index (χ0) is 36.2. The van der Waals surface area contributed by atoms with Crippen LogP contribution in [0.2, 0.25) is 0 Å². The van der Waals surface area contributed by atoms with Crippen molar-refractivity contribution in [3.63, 3.8) is 0 Å². The number of nitrogens with zero attached hydrogens (tertiary/aromatic N) is 5. The van der Waals surface area contributed by atoms with Gasteiger partial charge < -0.3 is 29.7 Å². The van der Waals surface area contributed by atoms with Gasteiger partial charge in [-0.3, -0.25) is 19.3 Å². The molecule has 1 N–H and O–H groups in total. The minimum Gasteiger partial charge on any atom is -0.465 e. The number of urea groups is 1. The number of ether oxygens (including phenoxy) is 1. The Labute approximate surface area is 318 Å². The highest BCUT2D eigenvalue weighted by atomic mass is 79.9. The van der Waals surface area contributed by atoms with E-state index in [1.54, 1.807) is 0 Å². The van der Waals surface area contributed by atoms with Crippen molar-refractivity contribution < 1.29 is 23.9 Å². The van der Waals surface area contributed by atoms with Gasteiger partial charge in [-0.25, -0.2) is 4.79 Å². The summed E-state index contributed by atoms with van der Waals surface area (Å²) in [6.07, 6.45) is 3.53. The van der Waals surface area contributed by atoms with E-state index in [1.165, 1.54) is 0 Å². The molecule has 0 spiro atoms. The minimum atomic E-state index is -0.506. The predicted octanol–water partition coefficient (Wildman–Crippen LogP) is 5.28. The van der Waals surface area contributed by atoms with Crippen molar-refractivity contribution in [2.75, 3.05) is 64.8 Å². The first-order valence-electron chi connectivity index (χ1n) is 18.3. The number of rotatable bonds is 9. The molecule has 11 nitrogen and oxygen atoms in total. The summed E-state index contributed by atoms with van der Waals surface area (Å²) in [7, 11) is 2.03. The van der Waals surface area contributed by atoms with Crippen LogP contribution in [0.15, 0.2) is 45.3 Å². The number of likely N-dealkylation sites (N-methyl/N-ethyl adjacent to an activating group) is 1. The summed E-state index contributed by atoms with van der Waals surface area (Å²) in [5, 5.41) is 3.01. The molecule has 0 aliphatic carbocycles. The summed E-state index contributed by atoms with van der Waals surface area (Å²) >= 11 is 7.33. The Balaban J connectivity index is 1.10. The number of esters is 1. The molecule has 0 aromatic heterocycles. The molecular formula is C38H50Br2N6O5. The van der Waals surface area contributed by atoms with Gasteiger partial charge >= 0.3 is 12.0 Å². The summed E-state index contributed by atoms with van der Waals surface area (Å²) in [6.45, 7) is 9.38. The standard InChI is InChI=1S/C38H50Br2N6O5/c1-4-51-37(49)34-24-42(3)17-18-45(34)29-11-15-44(16-12-29)36(48)28(19-26-20-31(39)25(2)32(40)21-26)22-35(47)43-13-9-30(10-14-43)46-23-27-7-5-6-8-33(27)41-38(46)50/h5-8,20-21,28-30,34H,4,9-19,22-24H2,1-3H3,(H,41,50). The SMILES string of the molecule is CCOC(=O)C1CN(C)CCN1C1CCN(C(=O)C(CC(=O)N2CCC(N3Cc4ccccc4NC3=O)CC2)Cc2cc(Br)c(C)c(Br)c2)CC1. The monoisotopic (exact) mass is 828 g/mol. The van der Waals surface area contributed by atoms with Crippen LogP contribution in [-0.4, -0.2) is 126 Å². The van der Waals surface area contributed by atoms with Gasteiger partial charge in [-0.1, -0.05) is 50.1 Å². The van der Waals surface area contributed by atoms with E-state index in [0.717, 1.165) is 57.3 Å². The second kappa shape index (κ2) is 16.8. The molecule has 6 rings (SSSR count). The maximum Gasteiger partial charge on any atom is 0.324 e. The molecule has 4 aliphatic rings. The maximum atomic E-state index is 14.3. The van der Waals surface area contributed by atoms with Gasteiger partial charge in [0.25, 0.3) is 0 Å². The van der Waals surface area contributed by atoms with Crippen LogP contribution >= 0.6 is 31.9 Å². The first kappa shape index (κ1) is 37.7. The van der Waals surface area contributed by atoms with E-state index in [1.807, 2.05) is 72.0 Å². The average Bonchev–Trinajstić information content (AvgIpc) is 3.13. The number of hydrogen-bond acceptors (Lipinski definition) is 7. The van der Waals surface area contributed by atoms with Crippen LogP contribution in [-0.2, 0) is 32.1 Å². The fourth-order valence-electron chi connectivity index (χ4n) is 8.13. The van der Waals surface area contributed by atoms with E-state index >= 15 is 0 Å². The number of likely N-dealkylation sites (tertiary alicyclic amines) is 2. The van der Waals surface area contributed by atoms with Crippen LogP contribution in [0.4, 0.5) is 10.5 Å². The number of piperidine rings is 2. The van der Waals surface area contributed by atoms with Crippen molar-refractivity contribution in [3.8, 4) is 0 Å². The number of carbonyl (C=O) groups is 4. The molecule has 3 saturated heterocycles. The van der Waals surface area contributed by atoms with Gasteiger partial charge in [0.05, 0.1) is 12.5 Å². The number of para-hydroxylation sites is 1. The highest BCUT2D eigenvalue weighted by Gasteiger charge is 2.40. The van der Waals surface area contributed by atoms with Crippen LogP contribution in [0.5, 0.6) is 0 Å². The smallest absolute Gasteiger partial charge is 0.324 e. The summed E-state index contributed by atoms with van der Waals surface area (Å²) in [4.78, 5) is 64.2.